The molecule has 0 aliphatic rings. The summed E-state index contributed by atoms with van der Waals surface area (Å²) >= 11 is 0. The van der Waals surface area contributed by atoms with Crippen LogP contribution in [0.5, 0.6) is 0 Å². The Labute approximate surface area is 86.8 Å². The summed E-state index contributed by atoms with van der Waals surface area (Å²) in [6.45, 7) is 9.66. The van der Waals surface area contributed by atoms with Crippen molar-refractivity contribution < 1.29 is 0 Å². The molecule has 2 nitrogen and oxygen atoms in total. The van der Waals surface area contributed by atoms with E-state index < -0.39 is 0 Å². The van der Waals surface area contributed by atoms with E-state index in [1.165, 1.54) is 11.1 Å². The number of nitrogens with zero attached hydrogens (tertiary/aromatic N) is 1. The summed E-state index contributed by atoms with van der Waals surface area (Å²) < 4.78 is 0. The zero-order chi connectivity index (χ0) is 10.6. The number of aromatic nitrogens is 1. The summed E-state index contributed by atoms with van der Waals surface area (Å²) in [6.07, 6.45) is 3.85. The molecule has 2 heteroatoms. The number of hydrogen-bond donors (Lipinski definition) is 1. The van der Waals surface area contributed by atoms with Gasteiger partial charge in [0.05, 0.1) is 0 Å². The zero-order valence-corrected chi connectivity index (χ0v) is 9.54. The predicted molar refractivity (Wildman–Crippen MR) is 60.5 cm³/mol. The van der Waals surface area contributed by atoms with Crippen LogP contribution in [-0.4, -0.2) is 17.6 Å². The van der Waals surface area contributed by atoms with Gasteiger partial charge >= 0.3 is 0 Å². The molecule has 0 bridgehead atoms. The summed E-state index contributed by atoms with van der Waals surface area (Å²) in [7, 11) is 0. The first-order valence-corrected chi connectivity index (χ1v) is 5.24. The van der Waals surface area contributed by atoms with Gasteiger partial charge in [0, 0.05) is 25.0 Å². The lowest BCUT2D eigenvalue weighted by molar-refractivity contribution is 0.547. The minimum atomic E-state index is 0.532. The molecule has 14 heavy (non-hydrogen) atoms. The SMILES string of the molecule is Cc1cncc(C(C)CNC(C)C)c1. The molecule has 0 saturated carbocycles. The van der Waals surface area contributed by atoms with Gasteiger partial charge in [-0.05, 0) is 24.0 Å². The molecule has 0 aliphatic carbocycles. The lowest BCUT2D eigenvalue weighted by Gasteiger charge is -2.15. The van der Waals surface area contributed by atoms with Crippen LogP contribution in [0.15, 0.2) is 18.5 Å². The topological polar surface area (TPSA) is 24.9 Å². The van der Waals surface area contributed by atoms with Gasteiger partial charge in [-0.2, -0.15) is 0 Å². The van der Waals surface area contributed by atoms with E-state index in [0.29, 0.717) is 12.0 Å². The average Bonchev–Trinajstić information content (AvgIpc) is 2.14. The van der Waals surface area contributed by atoms with E-state index in [1.807, 2.05) is 12.4 Å². The van der Waals surface area contributed by atoms with Gasteiger partial charge < -0.3 is 5.32 Å². The normalized spacial score (nSPS) is 13.2. The Kier molecular flexibility index (Phi) is 4.08. The highest BCUT2D eigenvalue weighted by Crippen LogP contribution is 2.13. The predicted octanol–water partition coefficient (Wildman–Crippen LogP) is 2.49. The molecular formula is C12H20N2. The Bertz CT molecular complexity index is 281. The molecular weight excluding hydrogens is 172 g/mol. The van der Waals surface area contributed by atoms with Crippen LogP contribution < -0.4 is 5.32 Å². The lowest BCUT2D eigenvalue weighted by Crippen LogP contribution is -2.27. The van der Waals surface area contributed by atoms with E-state index in [1.54, 1.807) is 0 Å². The fourth-order valence-corrected chi connectivity index (χ4v) is 1.38. The van der Waals surface area contributed by atoms with Crippen LogP contribution in [0.3, 0.4) is 0 Å². The van der Waals surface area contributed by atoms with Crippen molar-refractivity contribution in [3.05, 3.63) is 29.6 Å². The van der Waals surface area contributed by atoms with Crippen molar-refractivity contribution in [1.82, 2.24) is 10.3 Å². The molecule has 1 aromatic heterocycles. The van der Waals surface area contributed by atoms with Crippen LogP contribution in [0.1, 0.15) is 37.8 Å². The minimum absolute atomic E-state index is 0.532. The van der Waals surface area contributed by atoms with Gasteiger partial charge in [-0.15, -0.1) is 0 Å². The van der Waals surface area contributed by atoms with E-state index in [2.05, 4.69) is 44.1 Å². The van der Waals surface area contributed by atoms with Crippen LogP contribution in [0.25, 0.3) is 0 Å². The van der Waals surface area contributed by atoms with Gasteiger partial charge in [-0.1, -0.05) is 26.8 Å². The average molecular weight is 192 g/mol. The molecule has 0 fully saturated rings. The molecule has 0 aromatic carbocycles. The number of pyridine rings is 1. The molecule has 1 unspecified atom stereocenters. The first-order chi connectivity index (χ1) is 6.59. The Hall–Kier alpha value is -0.890. The summed E-state index contributed by atoms with van der Waals surface area (Å²) in [6, 6.07) is 2.76. The molecule has 0 spiro atoms. The third kappa shape index (κ3) is 3.46. The molecule has 1 heterocycles. The Morgan fingerprint density at radius 1 is 1.29 bits per heavy atom. The third-order valence-corrected chi connectivity index (χ3v) is 2.30. The van der Waals surface area contributed by atoms with Crippen molar-refractivity contribution in [1.29, 1.82) is 0 Å². The van der Waals surface area contributed by atoms with Gasteiger partial charge in [-0.3, -0.25) is 4.98 Å². The van der Waals surface area contributed by atoms with E-state index in [0.717, 1.165) is 6.54 Å². The van der Waals surface area contributed by atoms with Gasteiger partial charge in [0.25, 0.3) is 0 Å². The Morgan fingerprint density at radius 3 is 2.57 bits per heavy atom. The fraction of sp³-hybridized carbons (Fsp3) is 0.583. The number of nitrogens with one attached hydrogen (secondary N) is 1. The van der Waals surface area contributed by atoms with Crippen molar-refractivity contribution in [3.63, 3.8) is 0 Å². The highest BCUT2D eigenvalue weighted by molar-refractivity contribution is 5.20. The molecule has 0 radical (unpaired) electrons. The van der Waals surface area contributed by atoms with Gasteiger partial charge in [0.1, 0.15) is 0 Å². The van der Waals surface area contributed by atoms with Gasteiger partial charge in [-0.25, -0.2) is 0 Å². The van der Waals surface area contributed by atoms with Crippen LogP contribution in [0.4, 0.5) is 0 Å². The molecule has 1 aromatic rings. The third-order valence-electron chi connectivity index (χ3n) is 2.30. The summed E-state index contributed by atoms with van der Waals surface area (Å²) in [5.41, 5.74) is 2.55. The molecule has 0 amide bonds. The van der Waals surface area contributed by atoms with Gasteiger partial charge in [0.15, 0.2) is 0 Å². The number of rotatable bonds is 4. The van der Waals surface area contributed by atoms with Crippen LogP contribution in [-0.2, 0) is 0 Å². The molecule has 1 rings (SSSR count). The van der Waals surface area contributed by atoms with Crippen molar-refractivity contribution in [2.75, 3.05) is 6.54 Å². The first-order valence-electron chi connectivity index (χ1n) is 5.24. The lowest BCUT2D eigenvalue weighted by atomic mass is 10.0. The second-order valence-electron chi connectivity index (χ2n) is 4.26. The van der Waals surface area contributed by atoms with E-state index >= 15 is 0 Å². The summed E-state index contributed by atoms with van der Waals surface area (Å²) in [5.74, 6) is 0.532. The smallest absolute Gasteiger partial charge is 0.0303 e. The van der Waals surface area contributed by atoms with Gasteiger partial charge in [0.2, 0.25) is 0 Å². The van der Waals surface area contributed by atoms with E-state index in [-0.39, 0.29) is 0 Å². The number of hydrogen-bond acceptors (Lipinski definition) is 2. The Balaban J connectivity index is 2.56. The zero-order valence-electron chi connectivity index (χ0n) is 9.54. The minimum Gasteiger partial charge on any atom is -0.314 e. The molecule has 1 N–H and O–H groups in total. The first kappa shape index (κ1) is 11.2. The number of aryl methyl sites for hydroxylation is 1. The van der Waals surface area contributed by atoms with Crippen molar-refractivity contribution >= 4 is 0 Å². The Morgan fingerprint density at radius 2 is 2.00 bits per heavy atom. The molecule has 78 valence electrons. The largest absolute Gasteiger partial charge is 0.314 e. The van der Waals surface area contributed by atoms with Crippen LogP contribution in [0, 0.1) is 6.92 Å². The fourth-order valence-electron chi connectivity index (χ4n) is 1.38. The van der Waals surface area contributed by atoms with Crippen molar-refractivity contribution in [2.45, 2.75) is 39.7 Å². The maximum Gasteiger partial charge on any atom is 0.0303 e. The molecule has 0 aliphatic heterocycles. The molecule has 1 atom stereocenters. The maximum atomic E-state index is 4.20. The monoisotopic (exact) mass is 192 g/mol. The standard InChI is InChI=1S/C12H20N2/c1-9(2)14-7-11(4)12-5-10(3)6-13-8-12/h5-6,8-9,11,14H,7H2,1-4H3. The van der Waals surface area contributed by atoms with E-state index in [9.17, 15) is 0 Å². The van der Waals surface area contributed by atoms with Crippen LogP contribution in [0.2, 0.25) is 0 Å². The second-order valence-corrected chi connectivity index (χ2v) is 4.26. The summed E-state index contributed by atoms with van der Waals surface area (Å²) in [5, 5.41) is 3.44. The quantitative estimate of drug-likeness (QED) is 0.792. The second kappa shape index (κ2) is 5.11. The van der Waals surface area contributed by atoms with Crippen molar-refractivity contribution in [3.8, 4) is 0 Å². The molecule has 0 saturated heterocycles. The highest BCUT2D eigenvalue weighted by atomic mass is 14.9. The maximum absolute atomic E-state index is 4.20. The highest BCUT2D eigenvalue weighted by Gasteiger charge is 2.06. The summed E-state index contributed by atoms with van der Waals surface area (Å²) in [4.78, 5) is 4.20. The van der Waals surface area contributed by atoms with E-state index in [4.69, 9.17) is 0 Å². The van der Waals surface area contributed by atoms with Crippen molar-refractivity contribution in [2.24, 2.45) is 0 Å². The van der Waals surface area contributed by atoms with Crippen LogP contribution >= 0.6 is 0 Å².